The number of ether oxygens (including phenoxy) is 2. The molecule has 0 amide bonds. The summed E-state index contributed by atoms with van der Waals surface area (Å²) >= 11 is 0. The number of anilines is 1. The lowest BCUT2D eigenvalue weighted by Crippen LogP contribution is -2.33. The quantitative estimate of drug-likeness (QED) is 0.710. The Morgan fingerprint density at radius 3 is 2.19 bits per heavy atom. The average Bonchev–Trinajstić information content (AvgIpc) is 3.19. The predicted molar refractivity (Wildman–Crippen MR) is 109 cm³/mol. The number of methoxy groups -OCH3 is 2. The number of rotatable bonds is 5. The van der Waals surface area contributed by atoms with E-state index in [1.165, 1.54) is 5.56 Å². The van der Waals surface area contributed by atoms with E-state index >= 15 is 0 Å². The van der Waals surface area contributed by atoms with Gasteiger partial charge in [-0.3, -0.25) is 10.4 Å². The van der Waals surface area contributed by atoms with Gasteiger partial charge in [0.2, 0.25) is 0 Å². The van der Waals surface area contributed by atoms with Crippen molar-refractivity contribution in [2.24, 2.45) is 0 Å². The molecule has 1 unspecified atom stereocenters. The van der Waals surface area contributed by atoms with E-state index in [1.807, 2.05) is 42.5 Å². The third kappa shape index (κ3) is 3.34. The maximum Gasteiger partial charge on any atom is 0.131 e. The summed E-state index contributed by atoms with van der Waals surface area (Å²) in [5.41, 5.74) is 7.88. The van der Waals surface area contributed by atoms with E-state index < -0.39 is 0 Å². The van der Waals surface area contributed by atoms with Crippen LogP contribution in [0.25, 0.3) is 5.70 Å². The second kappa shape index (κ2) is 7.46. The molecule has 0 bridgehead atoms. The Morgan fingerprint density at radius 2 is 1.52 bits per heavy atom. The minimum atomic E-state index is 0.0791. The van der Waals surface area contributed by atoms with Crippen molar-refractivity contribution in [2.75, 3.05) is 19.2 Å². The van der Waals surface area contributed by atoms with E-state index in [2.05, 4.69) is 52.9 Å². The van der Waals surface area contributed by atoms with Gasteiger partial charge in [-0.15, -0.1) is 0 Å². The summed E-state index contributed by atoms with van der Waals surface area (Å²) in [4.78, 5) is 0. The molecule has 1 heterocycles. The molecular formula is C23H22N2O2. The van der Waals surface area contributed by atoms with Gasteiger partial charge in [-0.05, 0) is 35.9 Å². The SMILES string of the molecule is COc1ccc(C2=CC(c3ccccc3)N(c3ccccc3)N2)c(OC)c1. The largest absolute Gasteiger partial charge is 0.497 e. The Balaban J connectivity index is 1.76. The van der Waals surface area contributed by atoms with E-state index in [0.717, 1.165) is 28.4 Å². The minimum absolute atomic E-state index is 0.0791. The van der Waals surface area contributed by atoms with Gasteiger partial charge >= 0.3 is 0 Å². The van der Waals surface area contributed by atoms with Crippen LogP contribution in [0.2, 0.25) is 0 Å². The predicted octanol–water partition coefficient (Wildman–Crippen LogP) is 4.81. The molecule has 1 N–H and O–H groups in total. The van der Waals surface area contributed by atoms with Crippen LogP contribution < -0.4 is 19.9 Å². The standard InChI is InChI=1S/C23H22N2O2/c1-26-19-13-14-20(23(15-19)27-2)21-16-22(17-9-5-3-6-10-17)25(24-21)18-11-7-4-8-12-18/h3-16,22,24H,1-2H3. The molecule has 1 aliphatic rings. The Kier molecular flexibility index (Phi) is 4.71. The molecule has 1 aliphatic heterocycles. The third-order valence-corrected chi connectivity index (χ3v) is 4.72. The first-order valence-corrected chi connectivity index (χ1v) is 8.90. The molecule has 3 aromatic carbocycles. The molecular weight excluding hydrogens is 336 g/mol. The molecule has 0 spiro atoms. The zero-order valence-electron chi connectivity index (χ0n) is 15.4. The van der Waals surface area contributed by atoms with E-state index in [4.69, 9.17) is 9.47 Å². The Labute approximate surface area is 159 Å². The maximum atomic E-state index is 5.60. The van der Waals surface area contributed by atoms with Gasteiger partial charge in [-0.25, -0.2) is 0 Å². The Bertz CT molecular complexity index is 939. The number of hydrogen-bond donors (Lipinski definition) is 1. The molecule has 0 fully saturated rings. The van der Waals surface area contributed by atoms with Gasteiger partial charge in [0.05, 0.1) is 31.6 Å². The van der Waals surface area contributed by atoms with Crippen LogP contribution in [0.15, 0.2) is 84.9 Å². The smallest absolute Gasteiger partial charge is 0.131 e. The van der Waals surface area contributed by atoms with Gasteiger partial charge < -0.3 is 9.47 Å². The normalized spacial score (nSPS) is 15.9. The number of nitrogens with one attached hydrogen (secondary N) is 1. The fourth-order valence-electron chi connectivity index (χ4n) is 3.35. The summed E-state index contributed by atoms with van der Waals surface area (Å²) < 4.78 is 10.9. The highest BCUT2D eigenvalue weighted by Gasteiger charge is 2.28. The lowest BCUT2D eigenvalue weighted by atomic mass is 10.0. The van der Waals surface area contributed by atoms with Crippen LogP contribution in [0.4, 0.5) is 5.69 Å². The lowest BCUT2D eigenvalue weighted by molar-refractivity contribution is 0.393. The van der Waals surface area contributed by atoms with Gasteiger partial charge in [0.15, 0.2) is 0 Å². The molecule has 0 aromatic heterocycles. The second-order valence-electron chi connectivity index (χ2n) is 6.32. The van der Waals surface area contributed by atoms with Gasteiger partial charge in [-0.2, -0.15) is 0 Å². The van der Waals surface area contributed by atoms with E-state index in [9.17, 15) is 0 Å². The van der Waals surface area contributed by atoms with E-state index in [1.54, 1.807) is 14.2 Å². The van der Waals surface area contributed by atoms with Crippen molar-refractivity contribution in [2.45, 2.75) is 6.04 Å². The zero-order chi connectivity index (χ0) is 18.6. The summed E-state index contributed by atoms with van der Waals surface area (Å²) in [5, 5.41) is 2.17. The number of hydrazine groups is 1. The van der Waals surface area contributed by atoms with Crippen molar-refractivity contribution in [3.63, 3.8) is 0 Å². The number of nitrogens with zero attached hydrogens (tertiary/aromatic N) is 1. The highest BCUT2D eigenvalue weighted by atomic mass is 16.5. The van der Waals surface area contributed by atoms with Crippen LogP contribution in [0.5, 0.6) is 11.5 Å². The average molecular weight is 358 g/mol. The minimum Gasteiger partial charge on any atom is -0.497 e. The van der Waals surface area contributed by atoms with Gasteiger partial charge in [0.25, 0.3) is 0 Å². The van der Waals surface area contributed by atoms with Crippen LogP contribution in [0.3, 0.4) is 0 Å². The monoisotopic (exact) mass is 358 g/mol. The zero-order valence-corrected chi connectivity index (χ0v) is 15.4. The molecule has 4 rings (SSSR count). The number of benzene rings is 3. The van der Waals surface area contributed by atoms with Crippen LogP contribution in [0, 0.1) is 0 Å². The number of hydrogen-bond acceptors (Lipinski definition) is 4. The molecule has 0 saturated heterocycles. The molecule has 136 valence electrons. The first kappa shape index (κ1) is 17.0. The molecule has 27 heavy (non-hydrogen) atoms. The molecule has 0 aliphatic carbocycles. The fraction of sp³-hybridized carbons (Fsp3) is 0.130. The maximum absolute atomic E-state index is 5.60. The van der Waals surface area contributed by atoms with Crippen molar-refractivity contribution >= 4 is 11.4 Å². The molecule has 0 saturated carbocycles. The summed E-state index contributed by atoms with van der Waals surface area (Å²) in [7, 11) is 3.33. The van der Waals surface area contributed by atoms with Crippen molar-refractivity contribution < 1.29 is 9.47 Å². The molecule has 0 radical (unpaired) electrons. The first-order chi connectivity index (χ1) is 13.3. The van der Waals surface area contributed by atoms with Crippen molar-refractivity contribution in [3.8, 4) is 11.5 Å². The van der Waals surface area contributed by atoms with Crippen LogP contribution >= 0.6 is 0 Å². The second-order valence-corrected chi connectivity index (χ2v) is 6.32. The third-order valence-electron chi connectivity index (χ3n) is 4.72. The van der Waals surface area contributed by atoms with Gasteiger partial charge in [0.1, 0.15) is 11.5 Å². The molecule has 4 heteroatoms. The molecule has 1 atom stereocenters. The van der Waals surface area contributed by atoms with Crippen molar-refractivity contribution in [1.82, 2.24) is 5.43 Å². The number of para-hydroxylation sites is 1. The summed E-state index contributed by atoms with van der Waals surface area (Å²) in [6.07, 6.45) is 2.23. The van der Waals surface area contributed by atoms with Crippen molar-refractivity contribution in [3.05, 3.63) is 96.1 Å². The van der Waals surface area contributed by atoms with Crippen LogP contribution in [-0.2, 0) is 0 Å². The fourth-order valence-corrected chi connectivity index (χ4v) is 3.35. The highest BCUT2D eigenvalue weighted by molar-refractivity contribution is 5.76. The van der Waals surface area contributed by atoms with Gasteiger partial charge in [0, 0.05) is 11.6 Å². The molecule has 3 aromatic rings. The summed E-state index contributed by atoms with van der Waals surface area (Å²) in [6.45, 7) is 0. The summed E-state index contributed by atoms with van der Waals surface area (Å²) in [6, 6.07) is 26.7. The first-order valence-electron chi connectivity index (χ1n) is 8.90. The lowest BCUT2D eigenvalue weighted by Gasteiger charge is -2.27. The highest BCUT2D eigenvalue weighted by Crippen LogP contribution is 2.38. The van der Waals surface area contributed by atoms with Crippen LogP contribution in [0.1, 0.15) is 17.2 Å². The Hall–Kier alpha value is -3.40. The van der Waals surface area contributed by atoms with Crippen molar-refractivity contribution in [1.29, 1.82) is 0 Å². The van der Waals surface area contributed by atoms with E-state index in [0.29, 0.717) is 0 Å². The van der Waals surface area contributed by atoms with Gasteiger partial charge in [-0.1, -0.05) is 48.5 Å². The summed E-state index contributed by atoms with van der Waals surface area (Å²) in [5.74, 6) is 1.54. The van der Waals surface area contributed by atoms with E-state index in [-0.39, 0.29) is 6.04 Å². The Morgan fingerprint density at radius 1 is 0.815 bits per heavy atom. The van der Waals surface area contributed by atoms with Crippen LogP contribution in [-0.4, -0.2) is 14.2 Å². The topological polar surface area (TPSA) is 33.7 Å². The molecule has 4 nitrogen and oxygen atoms in total.